The molecule has 5 heteroatoms. The van der Waals surface area contributed by atoms with E-state index >= 15 is 0 Å². The van der Waals surface area contributed by atoms with Crippen LogP contribution < -0.4 is 4.74 Å². The van der Waals surface area contributed by atoms with Crippen molar-refractivity contribution in [3.8, 4) is 23.2 Å². The van der Waals surface area contributed by atoms with Gasteiger partial charge in [0.05, 0.1) is 12.8 Å². The lowest BCUT2D eigenvalue weighted by atomic mass is 9.72. The molecule has 32 heavy (non-hydrogen) atoms. The van der Waals surface area contributed by atoms with E-state index < -0.39 is 0 Å². The third-order valence-corrected chi connectivity index (χ3v) is 8.88. The predicted molar refractivity (Wildman–Crippen MR) is 121 cm³/mol. The van der Waals surface area contributed by atoms with Crippen LogP contribution in [0.4, 0.5) is 0 Å². The van der Waals surface area contributed by atoms with Crippen LogP contribution in [0.3, 0.4) is 0 Å². The molecule has 160 valence electrons. The molecule has 2 N–H and O–H groups in total. The fourth-order valence-corrected chi connectivity index (χ4v) is 7.86. The molecule has 0 amide bonds. The average molecular weight is 425 g/mol. The molecule has 4 aromatic rings. The monoisotopic (exact) mass is 425 g/mol. The predicted octanol–water partition coefficient (Wildman–Crippen LogP) is 5.82. The number of para-hydroxylation sites is 1. The van der Waals surface area contributed by atoms with Crippen LogP contribution in [0.15, 0.2) is 53.0 Å². The molecule has 2 aromatic heterocycles. The molecule has 6 atom stereocenters. The minimum Gasteiger partial charge on any atom is -0.495 e. The molecular weight excluding hydrogens is 402 g/mol. The van der Waals surface area contributed by atoms with Crippen molar-refractivity contribution in [1.29, 1.82) is 0 Å². The van der Waals surface area contributed by atoms with Crippen molar-refractivity contribution < 1.29 is 19.4 Å². The maximum absolute atomic E-state index is 11.4. The smallest absolute Gasteiger partial charge is 0.202 e. The highest BCUT2D eigenvalue weighted by atomic mass is 16.5. The van der Waals surface area contributed by atoms with Crippen LogP contribution in [0, 0.1) is 23.7 Å². The Bertz CT molecular complexity index is 1440. The zero-order chi connectivity index (χ0) is 21.3. The Morgan fingerprint density at radius 3 is 2.25 bits per heavy atom. The first-order valence-electron chi connectivity index (χ1n) is 11.5. The van der Waals surface area contributed by atoms with Crippen LogP contribution in [-0.4, -0.2) is 21.9 Å². The van der Waals surface area contributed by atoms with Gasteiger partial charge in [0.25, 0.3) is 0 Å². The van der Waals surface area contributed by atoms with Gasteiger partial charge in [-0.25, -0.2) is 4.57 Å². The van der Waals surface area contributed by atoms with E-state index in [2.05, 4.69) is 12.2 Å². The van der Waals surface area contributed by atoms with Gasteiger partial charge >= 0.3 is 0 Å². The number of hydrogen-bond acceptors (Lipinski definition) is 4. The Morgan fingerprint density at radius 1 is 0.875 bits per heavy atom. The van der Waals surface area contributed by atoms with Crippen molar-refractivity contribution in [2.75, 3.05) is 7.11 Å². The van der Waals surface area contributed by atoms with Crippen molar-refractivity contribution in [3.63, 3.8) is 0 Å². The number of nitrogens with zero attached hydrogens (tertiary/aromatic N) is 1. The molecule has 2 aromatic carbocycles. The lowest BCUT2D eigenvalue weighted by Crippen LogP contribution is -2.24. The topological polar surface area (TPSA) is 67.8 Å². The van der Waals surface area contributed by atoms with Gasteiger partial charge in [-0.05, 0) is 60.5 Å². The highest BCUT2D eigenvalue weighted by molar-refractivity contribution is 6.06. The first-order chi connectivity index (χ1) is 15.7. The Hall–Kier alpha value is -3.34. The van der Waals surface area contributed by atoms with E-state index in [1.165, 1.54) is 6.42 Å². The van der Waals surface area contributed by atoms with Gasteiger partial charge in [0.1, 0.15) is 16.9 Å². The minimum atomic E-state index is 0.156. The number of hydrogen-bond donors (Lipinski definition) is 2. The van der Waals surface area contributed by atoms with E-state index in [4.69, 9.17) is 9.15 Å². The molecule has 0 spiro atoms. The molecule has 8 rings (SSSR count). The second-order valence-corrected chi connectivity index (χ2v) is 9.98. The molecule has 4 bridgehead atoms. The SMILES string of the molecule is COc1cc2c(cc1-n1c(O)c3c(c1O)C1CC3C3C4C=CC(C4)C13)oc1ccccc12. The number of aromatic hydroxyl groups is 2. The summed E-state index contributed by atoms with van der Waals surface area (Å²) in [4.78, 5) is 0. The van der Waals surface area contributed by atoms with Crippen LogP contribution in [-0.2, 0) is 0 Å². The van der Waals surface area contributed by atoms with E-state index in [9.17, 15) is 10.2 Å². The number of aromatic nitrogens is 1. The van der Waals surface area contributed by atoms with Crippen LogP contribution in [0.1, 0.15) is 35.8 Å². The van der Waals surface area contributed by atoms with Crippen molar-refractivity contribution in [2.24, 2.45) is 23.7 Å². The van der Waals surface area contributed by atoms with E-state index in [1.54, 1.807) is 11.7 Å². The summed E-state index contributed by atoms with van der Waals surface area (Å²) in [7, 11) is 1.62. The minimum absolute atomic E-state index is 0.156. The Kier molecular flexibility index (Phi) is 2.98. The molecule has 0 radical (unpaired) electrons. The van der Waals surface area contributed by atoms with Crippen molar-refractivity contribution in [1.82, 2.24) is 4.57 Å². The van der Waals surface area contributed by atoms with Crippen LogP contribution >= 0.6 is 0 Å². The molecule has 2 saturated carbocycles. The summed E-state index contributed by atoms with van der Waals surface area (Å²) >= 11 is 0. The second kappa shape index (κ2) is 5.52. The maximum atomic E-state index is 11.4. The highest BCUT2D eigenvalue weighted by Crippen LogP contribution is 2.72. The zero-order valence-electron chi connectivity index (χ0n) is 17.7. The number of benzene rings is 2. The van der Waals surface area contributed by atoms with Crippen molar-refractivity contribution >= 4 is 21.9 Å². The number of furan rings is 1. The lowest BCUT2D eigenvalue weighted by molar-refractivity contribution is 0.298. The lowest BCUT2D eigenvalue weighted by Gasteiger charge is -2.31. The van der Waals surface area contributed by atoms with Gasteiger partial charge in [0.15, 0.2) is 0 Å². The summed E-state index contributed by atoms with van der Waals surface area (Å²) < 4.78 is 13.4. The van der Waals surface area contributed by atoms with E-state index in [1.807, 2.05) is 36.4 Å². The fourth-order valence-electron chi connectivity index (χ4n) is 7.86. The number of rotatable bonds is 2. The molecule has 2 fully saturated rings. The van der Waals surface area contributed by atoms with Crippen LogP contribution in [0.5, 0.6) is 17.5 Å². The molecule has 0 saturated heterocycles. The standard InChI is InChI=1S/C27H23NO4/c1-31-21-10-15-14-4-2-3-5-19(14)32-20(15)11-18(21)28-26(29)24-16-9-17(25(24)27(28)30)23-13-7-6-12(8-13)22(16)23/h2-7,10-13,16-17,22-23,29-30H,8-9H2,1H3. The summed E-state index contributed by atoms with van der Waals surface area (Å²) in [6.45, 7) is 0. The second-order valence-electron chi connectivity index (χ2n) is 9.98. The van der Waals surface area contributed by atoms with E-state index in [0.717, 1.165) is 33.9 Å². The number of methoxy groups -OCH3 is 1. The van der Waals surface area contributed by atoms with E-state index in [-0.39, 0.29) is 11.8 Å². The largest absolute Gasteiger partial charge is 0.495 e. The quantitative estimate of drug-likeness (QED) is 0.314. The summed E-state index contributed by atoms with van der Waals surface area (Å²) in [6, 6.07) is 11.7. The summed E-state index contributed by atoms with van der Waals surface area (Å²) in [6.07, 6.45) is 7.07. The van der Waals surface area contributed by atoms with Crippen LogP contribution in [0.25, 0.3) is 27.6 Å². The summed E-state index contributed by atoms with van der Waals surface area (Å²) in [5, 5.41) is 24.8. The molecule has 4 aliphatic carbocycles. The average Bonchev–Trinajstić information content (AvgIpc) is 3.62. The maximum Gasteiger partial charge on any atom is 0.202 e. The number of allylic oxidation sites excluding steroid dienone is 2. The third-order valence-electron chi connectivity index (χ3n) is 8.88. The molecule has 6 unspecified atom stereocenters. The Balaban J connectivity index is 1.35. The van der Waals surface area contributed by atoms with Gasteiger partial charge in [-0.1, -0.05) is 30.4 Å². The number of ether oxygens (including phenoxy) is 1. The molecular formula is C27H23NO4. The normalized spacial score (nSPS) is 31.2. The van der Waals surface area contributed by atoms with Gasteiger partial charge in [-0.2, -0.15) is 0 Å². The molecule has 5 nitrogen and oxygen atoms in total. The first kappa shape index (κ1) is 17.2. The van der Waals surface area contributed by atoms with Gasteiger partial charge in [0.2, 0.25) is 11.8 Å². The van der Waals surface area contributed by atoms with Gasteiger partial charge in [0, 0.05) is 28.0 Å². The Morgan fingerprint density at radius 2 is 1.56 bits per heavy atom. The van der Waals surface area contributed by atoms with Gasteiger partial charge < -0.3 is 19.4 Å². The van der Waals surface area contributed by atoms with Crippen molar-refractivity contribution in [3.05, 3.63) is 59.7 Å². The van der Waals surface area contributed by atoms with Gasteiger partial charge in [-0.15, -0.1) is 0 Å². The molecule has 4 aliphatic rings. The number of fused-ring (bicyclic) bond motifs is 15. The van der Waals surface area contributed by atoms with Crippen molar-refractivity contribution in [2.45, 2.75) is 24.7 Å². The van der Waals surface area contributed by atoms with Crippen LogP contribution in [0.2, 0.25) is 0 Å². The third kappa shape index (κ3) is 1.80. The zero-order valence-corrected chi connectivity index (χ0v) is 17.7. The molecule has 0 aliphatic heterocycles. The van der Waals surface area contributed by atoms with Gasteiger partial charge in [-0.3, -0.25) is 0 Å². The van der Waals surface area contributed by atoms with E-state index in [0.29, 0.717) is 52.5 Å². The fraction of sp³-hybridized carbons (Fsp3) is 0.333. The first-order valence-corrected chi connectivity index (χ1v) is 11.5. The highest BCUT2D eigenvalue weighted by Gasteiger charge is 2.62. The molecule has 2 heterocycles. The summed E-state index contributed by atoms with van der Waals surface area (Å²) in [5.74, 6) is 4.01. The summed E-state index contributed by atoms with van der Waals surface area (Å²) in [5.41, 5.74) is 4.03. The Labute approximate surface area is 184 Å².